The third-order valence-corrected chi connectivity index (χ3v) is 4.90. The number of guanidine groups is 1. The molecule has 0 aliphatic rings. The number of halogens is 1. The SMILES string of the molecule is CCNC(=NCCc1cccs1)NCCc1ccc(-n2cccn2)cc1.I. The Kier molecular flexibility index (Phi) is 9.34. The van der Waals surface area contributed by atoms with Gasteiger partial charge in [0.1, 0.15) is 0 Å². The maximum Gasteiger partial charge on any atom is 0.191 e. The van der Waals surface area contributed by atoms with E-state index in [1.807, 2.05) is 16.9 Å². The topological polar surface area (TPSA) is 54.2 Å². The van der Waals surface area contributed by atoms with Gasteiger partial charge in [-0.25, -0.2) is 4.68 Å². The summed E-state index contributed by atoms with van der Waals surface area (Å²) in [5.41, 5.74) is 2.37. The first-order valence-corrected chi connectivity index (χ1v) is 9.86. The summed E-state index contributed by atoms with van der Waals surface area (Å²) in [6, 6.07) is 14.7. The minimum Gasteiger partial charge on any atom is -0.357 e. The number of nitrogens with zero attached hydrogens (tertiary/aromatic N) is 3. The molecule has 0 aliphatic heterocycles. The monoisotopic (exact) mass is 495 g/mol. The quantitative estimate of drug-likeness (QED) is 0.283. The molecule has 7 heteroatoms. The Hall–Kier alpha value is -1.87. The van der Waals surface area contributed by atoms with Crippen LogP contribution < -0.4 is 10.6 Å². The van der Waals surface area contributed by atoms with E-state index >= 15 is 0 Å². The number of hydrogen-bond acceptors (Lipinski definition) is 3. The molecule has 1 aromatic carbocycles. The van der Waals surface area contributed by atoms with Crippen molar-refractivity contribution < 1.29 is 0 Å². The summed E-state index contributed by atoms with van der Waals surface area (Å²) < 4.78 is 1.87. The molecular formula is C20H26IN5S. The van der Waals surface area contributed by atoms with Gasteiger partial charge in [0.15, 0.2) is 5.96 Å². The zero-order chi connectivity index (χ0) is 18.0. The first-order chi connectivity index (χ1) is 12.8. The minimum absolute atomic E-state index is 0. The Bertz CT molecular complexity index is 782. The second kappa shape index (κ2) is 11.8. The van der Waals surface area contributed by atoms with Crippen LogP contribution in [0.3, 0.4) is 0 Å². The highest BCUT2D eigenvalue weighted by Crippen LogP contribution is 2.09. The van der Waals surface area contributed by atoms with Crippen LogP contribution in [0.1, 0.15) is 17.4 Å². The molecule has 0 atom stereocenters. The van der Waals surface area contributed by atoms with Gasteiger partial charge >= 0.3 is 0 Å². The van der Waals surface area contributed by atoms with Crippen LogP contribution in [-0.2, 0) is 12.8 Å². The van der Waals surface area contributed by atoms with E-state index in [0.29, 0.717) is 0 Å². The summed E-state index contributed by atoms with van der Waals surface area (Å²) in [5, 5.41) is 13.1. The normalized spacial score (nSPS) is 11.1. The predicted octanol–water partition coefficient (Wildman–Crippen LogP) is 3.89. The van der Waals surface area contributed by atoms with E-state index in [1.54, 1.807) is 17.5 Å². The lowest BCUT2D eigenvalue weighted by Crippen LogP contribution is -2.38. The largest absolute Gasteiger partial charge is 0.357 e. The van der Waals surface area contributed by atoms with Crippen molar-refractivity contribution in [2.75, 3.05) is 19.6 Å². The molecule has 0 fully saturated rings. The smallest absolute Gasteiger partial charge is 0.191 e. The molecule has 0 spiro atoms. The van der Waals surface area contributed by atoms with Crippen molar-refractivity contribution in [3.63, 3.8) is 0 Å². The minimum atomic E-state index is 0. The lowest BCUT2D eigenvalue weighted by Gasteiger charge is -2.11. The van der Waals surface area contributed by atoms with E-state index in [-0.39, 0.29) is 24.0 Å². The summed E-state index contributed by atoms with van der Waals surface area (Å²) in [6.07, 6.45) is 5.68. The highest BCUT2D eigenvalue weighted by Gasteiger charge is 2.00. The van der Waals surface area contributed by atoms with Crippen molar-refractivity contribution in [2.45, 2.75) is 19.8 Å². The molecular weight excluding hydrogens is 469 g/mol. The summed E-state index contributed by atoms with van der Waals surface area (Å²) in [7, 11) is 0. The van der Waals surface area contributed by atoms with E-state index in [1.165, 1.54) is 10.4 Å². The lowest BCUT2D eigenvalue weighted by molar-refractivity contribution is 0.797. The lowest BCUT2D eigenvalue weighted by atomic mass is 10.1. The number of aliphatic imine (C=N–C) groups is 1. The Morgan fingerprint density at radius 1 is 1.11 bits per heavy atom. The van der Waals surface area contributed by atoms with E-state index in [2.05, 4.69) is 69.4 Å². The first kappa shape index (κ1) is 21.4. The van der Waals surface area contributed by atoms with E-state index < -0.39 is 0 Å². The van der Waals surface area contributed by atoms with Crippen LogP contribution in [0.2, 0.25) is 0 Å². The van der Waals surface area contributed by atoms with Crippen LogP contribution in [-0.4, -0.2) is 35.4 Å². The average Bonchev–Trinajstić information content (AvgIpc) is 3.36. The van der Waals surface area contributed by atoms with Crippen molar-refractivity contribution in [1.82, 2.24) is 20.4 Å². The number of thiophene rings is 1. The second-order valence-electron chi connectivity index (χ2n) is 5.88. The van der Waals surface area contributed by atoms with Gasteiger partial charge < -0.3 is 10.6 Å². The Balaban J connectivity index is 0.00000261. The highest BCUT2D eigenvalue weighted by atomic mass is 127. The van der Waals surface area contributed by atoms with Crippen LogP contribution in [0.4, 0.5) is 0 Å². The van der Waals surface area contributed by atoms with Crippen molar-refractivity contribution in [3.8, 4) is 5.69 Å². The molecule has 2 aromatic heterocycles. The molecule has 0 bridgehead atoms. The third kappa shape index (κ3) is 6.99. The fraction of sp³-hybridized carbons (Fsp3) is 0.300. The molecule has 0 saturated carbocycles. The second-order valence-corrected chi connectivity index (χ2v) is 6.92. The van der Waals surface area contributed by atoms with Crippen molar-refractivity contribution >= 4 is 41.3 Å². The molecule has 2 N–H and O–H groups in total. The van der Waals surface area contributed by atoms with Gasteiger partial charge in [-0.1, -0.05) is 18.2 Å². The number of hydrogen-bond donors (Lipinski definition) is 2. The Morgan fingerprint density at radius 3 is 2.63 bits per heavy atom. The van der Waals surface area contributed by atoms with Crippen molar-refractivity contribution in [2.24, 2.45) is 4.99 Å². The zero-order valence-corrected chi connectivity index (χ0v) is 18.6. The van der Waals surface area contributed by atoms with Gasteiger partial charge in [0.2, 0.25) is 0 Å². The maximum atomic E-state index is 4.66. The van der Waals surface area contributed by atoms with Gasteiger partial charge in [-0.05, 0) is 48.6 Å². The van der Waals surface area contributed by atoms with E-state index in [0.717, 1.165) is 44.1 Å². The van der Waals surface area contributed by atoms with Crippen LogP contribution in [0, 0.1) is 0 Å². The molecule has 144 valence electrons. The molecule has 27 heavy (non-hydrogen) atoms. The first-order valence-electron chi connectivity index (χ1n) is 8.98. The Morgan fingerprint density at radius 2 is 1.96 bits per heavy atom. The molecule has 0 saturated heterocycles. The zero-order valence-electron chi connectivity index (χ0n) is 15.5. The molecule has 0 unspecified atom stereocenters. The van der Waals surface area contributed by atoms with Crippen LogP contribution in [0.25, 0.3) is 5.69 Å². The number of aromatic nitrogens is 2. The molecule has 0 radical (unpaired) electrons. The fourth-order valence-corrected chi connectivity index (χ4v) is 3.33. The predicted molar refractivity (Wildman–Crippen MR) is 125 cm³/mol. The van der Waals surface area contributed by atoms with Crippen molar-refractivity contribution in [1.29, 1.82) is 0 Å². The average molecular weight is 495 g/mol. The van der Waals surface area contributed by atoms with Gasteiger partial charge in [-0.2, -0.15) is 5.10 Å². The standard InChI is InChI=1S/C20H25N5S.HI/c1-2-21-20(23-14-11-19-5-3-16-26-19)22-13-10-17-6-8-18(9-7-17)25-15-4-12-24-25;/h3-9,12,15-16H,2,10-11,13-14H2,1H3,(H2,21,22,23);1H. The van der Waals surface area contributed by atoms with Crippen LogP contribution in [0.5, 0.6) is 0 Å². The highest BCUT2D eigenvalue weighted by molar-refractivity contribution is 14.0. The summed E-state index contributed by atoms with van der Waals surface area (Å²) in [5.74, 6) is 0.886. The van der Waals surface area contributed by atoms with Gasteiger partial charge in [-0.15, -0.1) is 35.3 Å². The fourth-order valence-electron chi connectivity index (χ4n) is 2.64. The van der Waals surface area contributed by atoms with E-state index in [9.17, 15) is 0 Å². The molecule has 5 nitrogen and oxygen atoms in total. The van der Waals surface area contributed by atoms with Gasteiger partial charge in [0, 0.05) is 43.3 Å². The van der Waals surface area contributed by atoms with E-state index in [4.69, 9.17) is 0 Å². The van der Waals surface area contributed by atoms with Crippen LogP contribution >= 0.6 is 35.3 Å². The van der Waals surface area contributed by atoms with Crippen LogP contribution in [0.15, 0.2) is 65.2 Å². The molecule has 2 heterocycles. The molecule has 0 amide bonds. The summed E-state index contributed by atoms with van der Waals surface area (Å²) in [6.45, 7) is 4.61. The number of nitrogens with one attached hydrogen (secondary N) is 2. The summed E-state index contributed by atoms with van der Waals surface area (Å²) in [4.78, 5) is 6.03. The summed E-state index contributed by atoms with van der Waals surface area (Å²) >= 11 is 1.79. The van der Waals surface area contributed by atoms with Crippen molar-refractivity contribution in [3.05, 3.63) is 70.7 Å². The number of rotatable bonds is 8. The third-order valence-electron chi connectivity index (χ3n) is 3.96. The maximum absolute atomic E-state index is 4.66. The van der Waals surface area contributed by atoms with Gasteiger partial charge in [-0.3, -0.25) is 4.99 Å². The number of benzene rings is 1. The van der Waals surface area contributed by atoms with Gasteiger partial charge in [0.05, 0.1) is 5.69 Å². The van der Waals surface area contributed by atoms with Gasteiger partial charge in [0.25, 0.3) is 0 Å². The molecule has 3 aromatic rings. The molecule has 3 rings (SSSR count). The Labute approximate surface area is 181 Å². The molecule has 0 aliphatic carbocycles.